The molecule has 0 heterocycles. The molecule has 116 valence electrons. The quantitative estimate of drug-likeness (QED) is 0.828. The second-order valence-corrected chi connectivity index (χ2v) is 6.87. The first kappa shape index (κ1) is 16.6. The molecule has 22 heavy (non-hydrogen) atoms. The third-order valence-electron chi connectivity index (χ3n) is 2.70. The van der Waals surface area contributed by atoms with E-state index in [9.17, 15) is 17.6 Å². The molecule has 5 nitrogen and oxygen atoms in total. The van der Waals surface area contributed by atoms with Crippen molar-refractivity contribution in [3.05, 3.63) is 58.8 Å². The number of nitrogens with one attached hydrogen (secondary N) is 2. The number of para-hydroxylation sites is 1. The molecule has 0 spiro atoms. The number of anilines is 1. The van der Waals surface area contributed by atoms with Gasteiger partial charge < -0.3 is 5.32 Å². The van der Waals surface area contributed by atoms with Crippen LogP contribution in [0.4, 0.5) is 10.1 Å². The van der Waals surface area contributed by atoms with E-state index in [1.807, 2.05) is 0 Å². The van der Waals surface area contributed by atoms with E-state index in [-0.39, 0.29) is 10.6 Å². The molecule has 2 aromatic carbocycles. The van der Waals surface area contributed by atoms with Gasteiger partial charge in [-0.25, -0.2) is 17.5 Å². The average Bonchev–Trinajstić information content (AvgIpc) is 2.48. The van der Waals surface area contributed by atoms with Crippen LogP contribution in [0.5, 0.6) is 0 Å². The smallest absolute Gasteiger partial charge is 0.242 e. The molecule has 0 aliphatic rings. The third-order valence-corrected chi connectivity index (χ3v) is 5.11. The van der Waals surface area contributed by atoms with Gasteiger partial charge in [-0.1, -0.05) is 24.3 Å². The van der Waals surface area contributed by atoms with Crippen LogP contribution in [0, 0.1) is 5.82 Å². The van der Waals surface area contributed by atoms with Crippen LogP contribution in [-0.2, 0) is 14.8 Å². The number of hydrogen-bond donors (Lipinski definition) is 2. The summed E-state index contributed by atoms with van der Waals surface area (Å²) in [6, 6.07) is 11.9. The zero-order chi connectivity index (χ0) is 16.2. The minimum atomic E-state index is -3.84. The van der Waals surface area contributed by atoms with Gasteiger partial charge in [-0.05, 0) is 40.2 Å². The normalized spacial score (nSPS) is 11.2. The fourth-order valence-corrected chi connectivity index (χ4v) is 3.64. The summed E-state index contributed by atoms with van der Waals surface area (Å²) in [5.74, 6) is -1.26. The highest BCUT2D eigenvalue weighted by Crippen LogP contribution is 2.20. The van der Waals surface area contributed by atoms with Crippen LogP contribution in [0.3, 0.4) is 0 Å². The molecule has 1 amide bonds. The Kier molecular flexibility index (Phi) is 5.28. The van der Waals surface area contributed by atoms with Crippen molar-refractivity contribution in [3.63, 3.8) is 0 Å². The summed E-state index contributed by atoms with van der Waals surface area (Å²) in [7, 11) is -3.84. The highest BCUT2D eigenvalue weighted by atomic mass is 79.9. The number of halogens is 2. The van der Waals surface area contributed by atoms with E-state index in [1.165, 1.54) is 24.3 Å². The Balaban J connectivity index is 2.02. The lowest BCUT2D eigenvalue weighted by molar-refractivity contribution is -0.115. The minimum absolute atomic E-state index is 0.00686. The van der Waals surface area contributed by atoms with E-state index in [1.54, 1.807) is 24.3 Å². The van der Waals surface area contributed by atoms with E-state index in [0.717, 1.165) is 0 Å². The molecule has 8 heteroatoms. The van der Waals surface area contributed by atoms with Crippen LogP contribution in [0.1, 0.15) is 0 Å². The summed E-state index contributed by atoms with van der Waals surface area (Å²) in [5.41, 5.74) is -0.00686. The Labute approximate surface area is 135 Å². The molecular formula is C14H12BrFN2O3S. The largest absolute Gasteiger partial charge is 0.322 e. The molecule has 0 saturated carbocycles. The Morgan fingerprint density at radius 1 is 1.09 bits per heavy atom. The van der Waals surface area contributed by atoms with Crippen molar-refractivity contribution in [3.8, 4) is 0 Å². The number of sulfonamides is 1. The summed E-state index contributed by atoms with van der Waals surface area (Å²) >= 11 is 3.13. The molecule has 2 N–H and O–H groups in total. The highest BCUT2D eigenvalue weighted by molar-refractivity contribution is 9.10. The lowest BCUT2D eigenvalue weighted by atomic mass is 10.3. The molecule has 0 aromatic heterocycles. The Bertz CT molecular complexity index is 796. The number of carbonyl (C=O) groups excluding carboxylic acids is 1. The SMILES string of the molecule is O=C(CNS(=O)(=O)c1ccccc1Br)Nc1ccccc1F. The van der Waals surface area contributed by atoms with Gasteiger partial charge in [0.1, 0.15) is 5.82 Å². The van der Waals surface area contributed by atoms with E-state index in [0.29, 0.717) is 4.47 Å². The van der Waals surface area contributed by atoms with Crippen molar-refractivity contribution in [1.82, 2.24) is 4.72 Å². The van der Waals surface area contributed by atoms with Gasteiger partial charge >= 0.3 is 0 Å². The molecule has 0 bridgehead atoms. The molecule has 0 unspecified atom stereocenters. The molecule has 2 aromatic rings. The van der Waals surface area contributed by atoms with Crippen molar-refractivity contribution >= 4 is 37.5 Å². The zero-order valence-electron chi connectivity index (χ0n) is 11.2. The fraction of sp³-hybridized carbons (Fsp3) is 0.0714. The monoisotopic (exact) mass is 386 g/mol. The van der Waals surface area contributed by atoms with Gasteiger partial charge in [0.25, 0.3) is 0 Å². The van der Waals surface area contributed by atoms with Crippen molar-refractivity contribution in [2.45, 2.75) is 4.90 Å². The molecule has 0 saturated heterocycles. The van der Waals surface area contributed by atoms with Gasteiger partial charge in [-0.2, -0.15) is 0 Å². The molecular weight excluding hydrogens is 375 g/mol. The maximum absolute atomic E-state index is 13.4. The first-order valence-electron chi connectivity index (χ1n) is 6.19. The van der Waals surface area contributed by atoms with Crippen LogP contribution < -0.4 is 10.0 Å². The summed E-state index contributed by atoms with van der Waals surface area (Å²) in [6.07, 6.45) is 0. The lowest BCUT2D eigenvalue weighted by Gasteiger charge is -2.09. The summed E-state index contributed by atoms with van der Waals surface area (Å²) in [5, 5.41) is 2.30. The van der Waals surface area contributed by atoms with Crippen molar-refractivity contribution in [2.75, 3.05) is 11.9 Å². The van der Waals surface area contributed by atoms with Crippen molar-refractivity contribution in [1.29, 1.82) is 0 Å². The Morgan fingerprint density at radius 3 is 2.41 bits per heavy atom. The molecule has 0 atom stereocenters. The van der Waals surface area contributed by atoms with Crippen LogP contribution in [-0.4, -0.2) is 20.9 Å². The predicted octanol–water partition coefficient (Wildman–Crippen LogP) is 2.51. The van der Waals surface area contributed by atoms with Gasteiger partial charge in [0.2, 0.25) is 15.9 Å². The maximum atomic E-state index is 13.4. The van der Waals surface area contributed by atoms with E-state index < -0.39 is 28.3 Å². The summed E-state index contributed by atoms with van der Waals surface area (Å²) in [6.45, 7) is -0.502. The van der Waals surface area contributed by atoms with Gasteiger partial charge in [0.05, 0.1) is 17.1 Å². The summed E-state index contributed by atoms with van der Waals surface area (Å²) < 4.78 is 40.1. The molecule has 0 aliphatic heterocycles. The Morgan fingerprint density at radius 2 is 1.73 bits per heavy atom. The number of benzene rings is 2. The highest BCUT2D eigenvalue weighted by Gasteiger charge is 2.18. The minimum Gasteiger partial charge on any atom is -0.322 e. The lowest BCUT2D eigenvalue weighted by Crippen LogP contribution is -2.33. The first-order chi connectivity index (χ1) is 10.4. The number of hydrogen-bond acceptors (Lipinski definition) is 3. The first-order valence-corrected chi connectivity index (χ1v) is 8.46. The Hall–Kier alpha value is -1.77. The van der Waals surface area contributed by atoms with Crippen molar-refractivity contribution in [2.24, 2.45) is 0 Å². The molecule has 0 fully saturated rings. The topological polar surface area (TPSA) is 75.3 Å². The fourth-order valence-electron chi connectivity index (χ4n) is 1.66. The predicted molar refractivity (Wildman–Crippen MR) is 84.4 cm³/mol. The zero-order valence-corrected chi connectivity index (χ0v) is 13.6. The third kappa shape index (κ3) is 4.12. The van der Waals surface area contributed by atoms with Crippen LogP contribution in [0.25, 0.3) is 0 Å². The number of rotatable bonds is 5. The van der Waals surface area contributed by atoms with Crippen LogP contribution in [0.2, 0.25) is 0 Å². The molecule has 2 rings (SSSR count). The number of amides is 1. The van der Waals surface area contributed by atoms with Gasteiger partial charge in [0, 0.05) is 4.47 Å². The maximum Gasteiger partial charge on any atom is 0.242 e. The van der Waals surface area contributed by atoms with Gasteiger partial charge in [-0.3, -0.25) is 4.79 Å². The van der Waals surface area contributed by atoms with Gasteiger partial charge in [-0.15, -0.1) is 0 Å². The van der Waals surface area contributed by atoms with E-state index in [4.69, 9.17) is 0 Å². The van der Waals surface area contributed by atoms with E-state index in [2.05, 4.69) is 26.0 Å². The van der Waals surface area contributed by atoms with Crippen LogP contribution in [0.15, 0.2) is 57.9 Å². The second-order valence-electron chi connectivity index (χ2n) is 4.28. The molecule has 0 radical (unpaired) electrons. The second kappa shape index (κ2) is 6.99. The standard InChI is InChI=1S/C14H12BrFN2O3S/c15-10-5-1-4-8-13(10)22(20,21)17-9-14(19)18-12-7-3-2-6-11(12)16/h1-8,17H,9H2,(H,18,19). The van der Waals surface area contributed by atoms with E-state index >= 15 is 0 Å². The average molecular weight is 387 g/mol. The molecule has 0 aliphatic carbocycles. The van der Waals surface area contributed by atoms with Crippen LogP contribution >= 0.6 is 15.9 Å². The number of carbonyl (C=O) groups is 1. The van der Waals surface area contributed by atoms with Crippen molar-refractivity contribution < 1.29 is 17.6 Å². The summed E-state index contributed by atoms with van der Waals surface area (Å²) in [4.78, 5) is 11.7. The van der Waals surface area contributed by atoms with Gasteiger partial charge in [0.15, 0.2) is 0 Å².